The zero-order chi connectivity index (χ0) is 29.1. The van der Waals surface area contributed by atoms with Gasteiger partial charge in [-0.1, -0.05) is 32.8 Å². The van der Waals surface area contributed by atoms with Gasteiger partial charge in [-0.15, -0.1) is 0 Å². The van der Waals surface area contributed by atoms with Crippen molar-refractivity contribution in [3.05, 3.63) is 73.3 Å². The molecular weight excluding hydrogens is 592 g/mol. The van der Waals surface area contributed by atoms with Gasteiger partial charge in [0.25, 0.3) is 0 Å². The summed E-state index contributed by atoms with van der Waals surface area (Å²) in [6, 6.07) is 7.08. The number of aryl methyl sites for hydroxylation is 2. The number of benzene rings is 2. The van der Waals surface area contributed by atoms with E-state index in [1.807, 2.05) is 19.9 Å². The second-order valence-corrected chi connectivity index (χ2v) is 11.5. The Labute approximate surface area is 240 Å². The van der Waals surface area contributed by atoms with Gasteiger partial charge in [-0.25, -0.2) is 9.18 Å². The molecule has 0 bridgehead atoms. The minimum atomic E-state index is -4.67. The molecule has 10 heteroatoms. The smallest absolute Gasteiger partial charge is 0.417 e. The van der Waals surface area contributed by atoms with Gasteiger partial charge in [-0.3, -0.25) is 10.2 Å². The number of fused-ring (bicyclic) bond motifs is 1. The third kappa shape index (κ3) is 6.71. The summed E-state index contributed by atoms with van der Waals surface area (Å²) < 4.78 is 67.1. The van der Waals surface area contributed by atoms with Gasteiger partial charge in [0, 0.05) is 30.2 Å². The summed E-state index contributed by atoms with van der Waals surface area (Å²) in [5.41, 5.74) is -0.0908. The van der Waals surface area contributed by atoms with Crippen LogP contribution >= 0.6 is 15.9 Å². The Balaban J connectivity index is 1.45. The molecule has 1 atom stereocenters. The number of alkyl halides is 3. The molecule has 4 rings (SSSR count). The lowest BCUT2D eigenvalue weighted by atomic mass is 9.93. The van der Waals surface area contributed by atoms with Crippen LogP contribution < -0.4 is 15.7 Å². The molecule has 218 valence electrons. The topological polar surface area (TPSA) is 54.7 Å². The summed E-state index contributed by atoms with van der Waals surface area (Å²) in [6.45, 7) is 8.70. The van der Waals surface area contributed by atoms with Crippen molar-refractivity contribution < 1.29 is 26.7 Å². The summed E-state index contributed by atoms with van der Waals surface area (Å²) in [6.07, 6.45) is -0.684. The van der Waals surface area contributed by atoms with Gasteiger partial charge in [0.05, 0.1) is 22.2 Å². The van der Waals surface area contributed by atoms with Crippen molar-refractivity contribution in [1.29, 1.82) is 0 Å². The maximum Gasteiger partial charge on any atom is 0.417 e. The molecule has 1 aromatic heterocycles. The van der Waals surface area contributed by atoms with Crippen molar-refractivity contribution >= 4 is 26.9 Å². The van der Waals surface area contributed by atoms with E-state index in [2.05, 4.69) is 33.1 Å². The molecule has 40 heavy (non-hydrogen) atoms. The predicted octanol–water partition coefficient (Wildman–Crippen LogP) is 7.56. The number of hydrogen-bond acceptors (Lipinski definition) is 5. The summed E-state index contributed by atoms with van der Waals surface area (Å²) in [5, 5.41) is 3.43. The van der Waals surface area contributed by atoms with Gasteiger partial charge in [-0.2, -0.15) is 13.2 Å². The van der Waals surface area contributed by atoms with Crippen LogP contribution in [0.25, 0.3) is 11.0 Å². The maximum atomic E-state index is 13.8. The molecule has 1 fully saturated rings. The molecule has 1 N–H and O–H groups in total. The van der Waals surface area contributed by atoms with Crippen LogP contribution in [0, 0.1) is 5.82 Å². The Hall–Kier alpha value is -2.43. The number of unbranched alkanes of at least 4 members (excludes halogenated alkanes) is 1. The van der Waals surface area contributed by atoms with Crippen LogP contribution in [0.5, 0.6) is 5.75 Å². The molecule has 3 aromatic rings. The molecule has 0 spiro atoms. The highest BCUT2D eigenvalue weighted by Crippen LogP contribution is 2.40. The first-order valence-corrected chi connectivity index (χ1v) is 14.5. The van der Waals surface area contributed by atoms with Gasteiger partial charge in [0.2, 0.25) is 0 Å². The first-order valence-electron chi connectivity index (χ1n) is 13.7. The van der Waals surface area contributed by atoms with E-state index in [4.69, 9.17) is 9.15 Å². The van der Waals surface area contributed by atoms with E-state index in [1.54, 1.807) is 6.07 Å². The standard InChI is InChI=1S/C30H35BrF4N2O3/c1-4-8-19-14-22-23(30(33,34)35)16-26(38)40-28(22)21(9-5-2)27(19)39-13-7-6-12-37-17-29(3,36-18-37)20-10-11-25(32)24(31)15-20/h10-11,14-16,36H,4-9,12-13,17-18H2,1-3H3. The zero-order valence-corrected chi connectivity index (χ0v) is 24.6. The predicted molar refractivity (Wildman–Crippen MR) is 151 cm³/mol. The lowest BCUT2D eigenvalue weighted by Gasteiger charge is -2.25. The Morgan fingerprint density at radius 3 is 2.55 bits per heavy atom. The molecule has 0 radical (unpaired) electrons. The van der Waals surface area contributed by atoms with Crippen molar-refractivity contribution in [2.45, 2.75) is 71.0 Å². The minimum Gasteiger partial charge on any atom is -0.493 e. The van der Waals surface area contributed by atoms with Crippen molar-refractivity contribution in [3.63, 3.8) is 0 Å². The average Bonchev–Trinajstić information content (AvgIpc) is 3.28. The van der Waals surface area contributed by atoms with Crippen LogP contribution in [0.2, 0.25) is 0 Å². The number of hydrogen-bond donors (Lipinski definition) is 1. The Morgan fingerprint density at radius 2 is 1.88 bits per heavy atom. The minimum absolute atomic E-state index is 0.0358. The third-order valence-corrected chi connectivity index (χ3v) is 7.99. The Kier molecular flexibility index (Phi) is 9.62. The number of rotatable bonds is 11. The summed E-state index contributed by atoms with van der Waals surface area (Å²) in [5.74, 6) is 0.247. The Bertz CT molecular complexity index is 1410. The summed E-state index contributed by atoms with van der Waals surface area (Å²) >= 11 is 3.27. The molecule has 0 saturated carbocycles. The number of nitrogens with zero attached hydrogens (tertiary/aromatic N) is 1. The van der Waals surface area contributed by atoms with Crippen LogP contribution in [0.15, 0.2) is 44.0 Å². The van der Waals surface area contributed by atoms with E-state index < -0.39 is 17.4 Å². The van der Waals surface area contributed by atoms with E-state index in [1.165, 1.54) is 12.1 Å². The fourth-order valence-corrected chi connectivity index (χ4v) is 5.78. The first kappa shape index (κ1) is 30.5. The Morgan fingerprint density at radius 1 is 1.12 bits per heavy atom. The highest BCUT2D eigenvalue weighted by molar-refractivity contribution is 9.10. The van der Waals surface area contributed by atoms with Crippen LogP contribution in [-0.2, 0) is 24.6 Å². The van der Waals surface area contributed by atoms with Crippen LogP contribution in [-0.4, -0.2) is 31.3 Å². The fourth-order valence-electron chi connectivity index (χ4n) is 5.40. The monoisotopic (exact) mass is 626 g/mol. The molecule has 1 unspecified atom stereocenters. The normalized spacial score (nSPS) is 18.1. The molecule has 2 aromatic carbocycles. The quantitative estimate of drug-likeness (QED) is 0.135. The SMILES string of the molecule is CCCc1cc2c(C(F)(F)F)cc(=O)oc2c(CCC)c1OCCCCN1CNC(C)(c2ccc(F)c(Br)c2)C1. The van der Waals surface area contributed by atoms with E-state index in [0.29, 0.717) is 60.0 Å². The highest BCUT2D eigenvalue weighted by atomic mass is 79.9. The second kappa shape index (κ2) is 12.6. The average molecular weight is 628 g/mol. The van der Waals surface area contributed by atoms with Gasteiger partial charge in [-0.05, 0) is 84.4 Å². The lowest BCUT2D eigenvalue weighted by molar-refractivity contribution is -0.136. The van der Waals surface area contributed by atoms with Gasteiger partial charge < -0.3 is 9.15 Å². The molecule has 1 saturated heterocycles. The molecular formula is C30H35BrF4N2O3. The summed E-state index contributed by atoms with van der Waals surface area (Å²) in [7, 11) is 0. The van der Waals surface area contributed by atoms with Crippen LogP contribution in [0.4, 0.5) is 17.6 Å². The first-order chi connectivity index (χ1) is 19.0. The summed E-state index contributed by atoms with van der Waals surface area (Å²) in [4.78, 5) is 14.4. The fraction of sp³-hybridized carbons (Fsp3) is 0.500. The number of ether oxygens (including phenoxy) is 1. The van der Waals surface area contributed by atoms with E-state index in [9.17, 15) is 22.4 Å². The molecule has 2 heterocycles. The van der Waals surface area contributed by atoms with Gasteiger partial charge in [0.15, 0.2) is 0 Å². The maximum absolute atomic E-state index is 13.8. The number of nitrogens with one attached hydrogen (secondary N) is 1. The van der Waals surface area contributed by atoms with E-state index in [-0.39, 0.29) is 22.3 Å². The molecule has 0 amide bonds. The van der Waals surface area contributed by atoms with Gasteiger partial charge >= 0.3 is 11.8 Å². The molecule has 1 aliphatic heterocycles. The van der Waals surface area contributed by atoms with Crippen molar-refractivity contribution in [2.24, 2.45) is 0 Å². The highest BCUT2D eigenvalue weighted by Gasteiger charge is 2.36. The zero-order valence-electron chi connectivity index (χ0n) is 23.0. The molecule has 1 aliphatic rings. The van der Waals surface area contributed by atoms with Crippen LogP contribution in [0.3, 0.4) is 0 Å². The van der Waals surface area contributed by atoms with E-state index >= 15 is 0 Å². The lowest BCUT2D eigenvalue weighted by Crippen LogP contribution is -2.36. The van der Waals surface area contributed by atoms with Crippen molar-refractivity contribution in [3.8, 4) is 5.75 Å². The van der Waals surface area contributed by atoms with Crippen molar-refractivity contribution in [1.82, 2.24) is 10.2 Å². The van der Waals surface area contributed by atoms with Crippen LogP contribution in [0.1, 0.15) is 68.7 Å². The van der Waals surface area contributed by atoms with Crippen molar-refractivity contribution in [2.75, 3.05) is 26.4 Å². The largest absolute Gasteiger partial charge is 0.493 e. The molecule has 5 nitrogen and oxygen atoms in total. The van der Waals surface area contributed by atoms with E-state index in [0.717, 1.165) is 37.9 Å². The third-order valence-electron chi connectivity index (χ3n) is 7.39. The second-order valence-electron chi connectivity index (χ2n) is 10.6. The number of halogens is 5. The van der Waals surface area contributed by atoms with Gasteiger partial charge in [0.1, 0.15) is 17.1 Å². The molecule has 0 aliphatic carbocycles.